The van der Waals surface area contributed by atoms with Crippen LogP contribution in [0.3, 0.4) is 0 Å². The Morgan fingerprint density at radius 2 is 2.14 bits per heavy atom. The van der Waals surface area contributed by atoms with Gasteiger partial charge in [0.2, 0.25) is 0 Å². The number of methoxy groups -OCH3 is 1. The SMILES string of the molecule is CCCn1c(C(=O)NC2CC2)cc2cc(OC)ccc2c1=O. The second-order valence-corrected chi connectivity index (χ2v) is 5.69. The van der Waals surface area contributed by atoms with Gasteiger partial charge in [0.1, 0.15) is 11.4 Å². The van der Waals surface area contributed by atoms with Gasteiger partial charge < -0.3 is 14.6 Å². The first kappa shape index (κ1) is 14.6. The molecule has 0 saturated heterocycles. The minimum Gasteiger partial charge on any atom is -0.497 e. The quantitative estimate of drug-likeness (QED) is 0.922. The first-order valence-corrected chi connectivity index (χ1v) is 7.66. The molecule has 5 nitrogen and oxygen atoms in total. The second-order valence-electron chi connectivity index (χ2n) is 5.69. The maximum atomic E-state index is 12.7. The number of aromatic nitrogens is 1. The van der Waals surface area contributed by atoms with Crippen molar-refractivity contribution < 1.29 is 9.53 Å². The van der Waals surface area contributed by atoms with Gasteiger partial charge in [-0.3, -0.25) is 9.59 Å². The number of pyridine rings is 1. The highest BCUT2D eigenvalue weighted by Gasteiger charge is 2.25. The molecule has 3 rings (SSSR count). The Bertz CT molecular complexity index is 775. The number of amides is 1. The summed E-state index contributed by atoms with van der Waals surface area (Å²) in [6.07, 6.45) is 2.83. The summed E-state index contributed by atoms with van der Waals surface area (Å²) in [5, 5.41) is 4.30. The summed E-state index contributed by atoms with van der Waals surface area (Å²) in [6.45, 7) is 2.53. The highest BCUT2D eigenvalue weighted by molar-refractivity contribution is 5.97. The van der Waals surface area contributed by atoms with Crippen LogP contribution >= 0.6 is 0 Å². The summed E-state index contributed by atoms with van der Waals surface area (Å²) in [7, 11) is 1.58. The van der Waals surface area contributed by atoms with E-state index in [9.17, 15) is 9.59 Å². The van der Waals surface area contributed by atoms with Crippen LogP contribution < -0.4 is 15.6 Å². The van der Waals surface area contributed by atoms with E-state index < -0.39 is 0 Å². The molecule has 0 radical (unpaired) electrons. The van der Waals surface area contributed by atoms with Crippen molar-refractivity contribution in [2.75, 3.05) is 7.11 Å². The van der Waals surface area contributed by atoms with E-state index in [2.05, 4.69) is 5.32 Å². The van der Waals surface area contributed by atoms with Crippen LogP contribution in [0, 0.1) is 0 Å². The van der Waals surface area contributed by atoms with E-state index in [4.69, 9.17) is 4.74 Å². The molecule has 1 heterocycles. The molecule has 2 aromatic rings. The van der Waals surface area contributed by atoms with Crippen molar-refractivity contribution in [2.24, 2.45) is 0 Å². The fourth-order valence-corrected chi connectivity index (χ4v) is 2.58. The number of fused-ring (bicyclic) bond motifs is 1. The molecular formula is C17H20N2O3. The summed E-state index contributed by atoms with van der Waals surface area (Å²) in [6, 6.07) is 7.36. The summed E-state index contributed by atoms with van der Waals surface area (Å²) in [5.74, 6) is 0.506. The van der Waals surface area contributed by atoms with Crippen molar-refractivity contribution in [3.63, 3.8) is 0 Å². The van der Waals surface area contributed by atoms with Gasteiger partial charge in [0, 0.05) is 18.0 Å². The molecule has 1 amide bonds. The van der Waals surface area contributed by atoms with Crippen LogP contribution in [0.5, 0.6) is 5.75 Å². The van der Waals surface area contributed by atoms with Crippen LogP contribution in [-0.2, 0) is 6.54 Å². The van der Waals surface area contributed by atoms with E-state index in [-0.39, 0.29) is 17.5 Å². The zero-order chi connectivity index (χ0) is 15.7. The molecule has 1 N–H and O–H groups in total. The largest absolute Gasteiger partial charge is 0.497 e. The molecule has 116 valence electrons. The molecule has 0 unspecified atom stereocenters. The van der Waals surface area contributed by atoms with Crippen molar-refractivity contribution >= 4 is 16.7 Å². The third-order valence-electron chi connectivity index (χ3n) is 3.91. The van der Waals surface area contributed by atoms with Gasteiger partial charge in [0.25, 0.3) is 11.5 Å². The van der Waals surface area contributed by atoms with Gasteiger partial charge in [-0.05, 0) is 48.9 Å². The van der Waals surface area contributed by atoms with Crippen molar-refractivity contribution in [1.29, 1.82) is 0 Å². The van der Waals surface area contributed by atoms with Gasteiger partial charge in [-0.2, -0.15) is 0 Å². The van der Waals surface area contributed by atoms with E-state index in [1.165, 1.54) is 0 Å². The van der Waals surface area contributed by atoms with Crippen LogP contribution in [-0.4, -0.2) is 23.6 Å². The van der Waals surface area contributed by atoms with E-state index in [0.717, 1.165) is 24.6 Å². The van der Waals surface area contributed by atoms with Crippen LogP contribution in [0.1, 0.15) is 36.7 Å². The smallest absolute Gasteiger partial charge is 0.268 e. The third kappa shape index (κ3) is 2.71. The lowest BCUT2D eigenvalue weighted by Crippen LogP contribution is -2.33. The standard InChI is InChI=1S/C17H20N2O3/c1-3-8-19-15(16(20)18-12-4-5-12)10-11-9-13(22-2)6-7-14(11)17(19)21/h6-7,9-10,12H,3-5,8H2,1-2H3,(H,18,20). The molecule has 0 atom stereocenters. The van der Waals surface area contributed by atoms with Crippen molar-refractivity contribution in [1.82, 2.24) is 9.88 Å². The second kappa shape index (κ2) is 5.83. The van der Waals surface area contributed by atoms with E-state index in [1.54, 1.807) is 35.9 Å². The van der Waals surface area contributed by atoms with Crippen LogP contribution in [0.15, 0.2) is 29.1 Å². The van der Waals surface area contributed by atoms with Crippen LogP contribution in [0.2, 0.25) is 0 Å². The number of carbonyl (C=O) groups is 1. The number of hydrogen-bond acceptors (Lipinski definition) is 3. The van der Waals surface area contributed by atoms with Crippen LogP contribution in [0.4, 0.5) is 0 Å². The first-order valence-electron chi connectivity index (χ1n) is 7.66. The van der Waals surface area contributed by atoms with Crippen molar-refractivity contribution in [3.8, 4) is 5.75 Å². The summed E-state index contributed by atoms with van der Waals surface area (Å²) in [4.78, 5) is 25.1. The molecule has 1 aliphatic carbocycles. The molecular weight excluding hydrogens is 280 g/mol. The number of ether oxygens (including phenoxy) is 1. The number of hydrogen-bond donors (Lipinski definition) is 1. The molecule has 1 saturated carbocycles. The number of benzene rings is 1. The highest BCUT2D eigenvalue weighted by atomic mass is 16.5. The lowest BCUT2D eigenvalue weighted by molar-refractivity contribution is 0.0940. The van der Waals surface area contributed by atoms with Gasteiger partial charge in [-0.1, -0.05) is 6.92 Å². The topological polar surface area (TPSA) is 60.3 Å². The maximum absolute atomic E-state index is 12.7. The Morgan fingerprint density at radius 1 is 1.36 bits per heavy atom. The Hall–Kier alpha value is -2.30. The monoisotopic (exact) mass is 300 g/mol. The Kier molecular flexibility index (Phi) is 3.88. The number of nitrogens with zero attached hydrogens (tertiary/aromatic N) is 1. The van der Waals surface area contributed by atoms with E-state index in [1.807, 2.05) is 6.92 Å². The predicted molar refractivity (Wildman–Crippen MR) is 85.5 cm³/mol. The molecule has 5 heteroatoms. The number of rotatable bonds is 5. The summed E-state index contributed by atoms with van der Waals surface area (Å²) >= 11 is 0. The highest BCUT2D eigenvalue weighted by Crippen LogP contribution is 2.22. The van der Waals surface area contributed by atoms with E-state index in [0.29, 0.717) is 23.4 Å². The Morgan fingerprint density at radius 3 is 2.77 bits per heavy atom. The fourth-order valence-electron chi connectivity index (χ4n) is 2.58. The molecule has 1 aliphatic rings. The average Bonchev–Trinajstić information content (AvgIpc) is 3.33. The predicted octanol–water partition coefficient (Wildman–Crippen LogP) is 2.31. The Balaban J connectivity index is 2.15. The third-order valence-corrected chi connectivity index (χ3v) is 3.91. The van der Waals surface area contributed by atoms with Gasteiger partial charge >= 0.3 is 0 Å². The molecule has 1 aromatic carbocycles. The summed E-state index contributed by atoms with van der Waals surface area (Å²) in [5.41, 5.74) is 0.308. The molecule has 1 fully saturated rings. The number of nitrogens with one attached hydrogen (secondary N) is 1. The van der Waals surface area contributed by atoms with Crippen molar-refractivity contribution in [2.45, 2.75) is 38.8 Å². The molecule has 0 aliphatic heterocycles. The zero-order valence-corrected chi connectivity index (χ0v) is 12.9. The number of carbonyl (C=O) groups excluding carboxylic acids is 1. The van der Waals surface area contributed by atoms with Gasteiger partial charge in [0.15, 0.2) is 0 Å². The average molecular weight is 300 g/mol. The zero-order valence-electron chi connectivity index (χ0n) is 12.9. The summed E-state index contributed by atoms with van der Waals surface area (Å²) < 4.78 is 6.78. The van der Waals surface area contributed by atoms with Crippen LogP contribution in [0.25, 0.3) is 10.8 Å². The molecule has 22 heavy (non-hydrogen) atoms. The van der Waals surface area contributed by atoms with Gasteiger partial charge in [0.05, 0.1) is 7.11 Å². The lowest BCUT2D eigenvalue weighted by Gasteiger charge is -2.14. The molecule has 0 spiro atoms. The minimum atomic E-state index is -0.169. The Labute approximate surface area is 128 Å². The van der Waals surface area contributed by atoms with E-state index >= 15 is 0 Å². The van der Waals surface area contributed by atoms with Gasteiger partial charge in [-0.15, -0.1) is 0 Å². The molecule has 0 bridgehead atoms. The maximum Gasteiger partial charge on any atom is 0.268 e. The minimum absolute atomic E-state index is 0.122. The van der Waals surface area contributed by atoms with Gasteiger partial charge in [-0.25, -0.2) is 0 Å². The fraction of sp³-hybridized carbons (Fsp3) is 0.412. The molecule has 1 aromatic heterocycles. The lowest BCUT2D eigenvalue weighted by atomic mass is 10.1. The van der Waals surface area contributed by atoms with Crippen molar-refractivity contribution in [3.05, 3.63) is 40.3 Å². The normalized spacial score (nSPS) is 14.1. The first-order chi connectivity index (χ1) is 10.6.